The van der Waals surface area contributed by atoms with Crippen molar-refractivity contribution in [2.24, 2.45) is 0 Å². The normalized spacial score (nSPS) is 13.3. The van der Waals surface area contributed by atoms with E-state index in [2.05, 4.69) is 0 Å². The average molecular weight is 245 g/mol. The molecule has 0 saturated carbocycles. The Morgan fingerprint density at radius 2 is 1.59 bits per heavy atom. The summed E-state index contributed by atoms with van der Waals surface area (Å²) in [5.74, 6) is 0. The van der Waals surface area contributed by atoms with Gasteiger partial charge >= 0.3 is 7.60 Å². The maximum atomic E-state index is 11.4. The lowest BCUT2D eigenvalue weighted by Gasteiger charge is -2.09. The van der Waals surface area contributed by atoms with Crippen molar-refractivity contribution < 1.29 is 14.4 Å². The first kappa shape index (κ1) is 10.7. The van der Waals surface area contributed by atoms with Crippen LogP contribution in [-0.4, -0.2) is 9.79 Å². The van der Waals surface area contributed by atoms with E-state index in [1.807, 2.05) is 36.8 Å². The highest BCUT2D eigenvalue weighted by atomic mass is 31.2. The smallest absolute Gasteiger partial charge is 0.321 e. The Labute approximate surface area is 98.9 Å². The van der Waals surface area contributed by atoms with E-state index in [0.29, 0.717) is 5.56 Å². The van der Waals surface area contributed by atoms with Crippen molar-refractivity contribution in [2.45, 2.75) is 0 Å². The molecule has 17 heavy (non-hydrogen) atoms. The van der Waals surface area contributed by atoms with Gasteiger partial charge in [0.25, 0.3) is 0 Å². The van der Waals surface area contributed by atoms with E-state index in [1.165, 1.54) is 6.07 Å². The number of rotatable bonds is 1. The van der Waals surface area contributed by atoms with Crippen LogP contribution in [0.25, 0.3) is 11.1 Å². The summed E-state index contributed by atoms with van der Waals surface area (Å²) in [6.07, 6.45) is 1.83. The number of benzene rings is 2. The van der Waals surface area contributed by atoms with Crippen molar-refractivity contribution in [2.75, 3.05) is 0 Å². The molecule has 0 fully saturated rings. The van der Waals surface area contributed by atoms with Crippen LogP contribution in [0, 0.1) is 6.42 Å². The lowest BCUT2D eigenvalue weighted by Crippen LogP contribution is -2.09. The van der Waals surface area contributed by atoms with Crippen LogP contribution in [-0.2, 0) is 4.57 Å². The average Bonchev–Trinajstić information content (AvgIpc) is 2.65. The first-order valence-electron chi connectivity index (χ1n) is 5.20. The van der Waals surface area contributed by atoms with E-state index in [1.54, 1.807) is 6.07 Å². The molecule has 0 bridgehead atoms. The second-order valence-electron chi connectivity index (χ2n) is 4.01. The molecule has 2 N–H and O–H groups in total. The molecule has 0 unspecified atom stereocenters. The number of fused-ring (bicyclic) bond motifs is 3. The van der Waals surface area contributed by atoms with Crippen LogP contribution in [0.5, 0.6) is 0 Å². The summed E-state index contributed by atoms with van der Waals surface area (Å²) in [5.41, 5.74) is 3.56. The van der Waals surface area contributed by atoms with Gasteiger partial charge < -0.3 is 9.79 Å². The summed E-state index contributed by atoms with van der Waals surface area (Å²) in [4.78, 5) is 18.6. The quantitative estimate of drug-likeness (QED) is 0.645. The molecule has 0 aliphatic heterocycles. The minimum Gasteiger partial charge on any atom is -0.321 e. The molecule has 0 spiro atoms. The molecule has 2 aromatic carbocycles. The summed E-state index contributed by atoms with van der Waals surface area (Å²) >= 11 is 0. The van der Waals surface area contributed by atoms with Crippen LogP contribution in [0.15, 0.2) is 42.5 Å². The molecule has 1 aliphatic rings. The van der Waals surface area contributed by atoms with Gasteiger partial charge in [-0.25, -0.2) is 0 Å². The highest BCUT2D eigenvalue weighted by Crippen LogP contribution is 2.43. The fraction of sp³-hybridized carbons (Fsp3) is 0. The first-order chi connectivity index (χ1) is 8.07. The van der Waals surface area contributed by atoms with Gasteiger partial charge in [0.2, 0.25) is 0 Å². The maximum absolute atomic E-state index is 11.4. The molecule has 0 amide bonds. The van der Waals surface area contributed by atoms with Gasteiger partial charge in [-0.1, -0.05) is 36.4 Å². The first-order valence-corrected chi connectivity index (χ1v) is 6.82. The standard InChI is InChI=1S/C13H10O3P/c14-17(15,16)13-7-3-6-11-10-5-2-1-4-9(10)8-12(11)13/h1-8H,(H2,14,15,16). The molecule has 0 heterocycles. The second kappa shape index (κ2) is 3.54. The zero-order chi connectivity index (χ0) is 12.0. The fourth-order valence-corrected chi connectivity index (χ4v) is 3.00. The Morgan fingerprint density at radius 1 is 0.882 bits per heavy atom. The Kier molecular flexibility index (Phi) is 2.23. The predicted octanol–water partition coefficient (Wildman–Crippen LogP) is 2.07. The Bertz CT molecular complexity index is 643. The highest BCUT2D eigenvalue weighted by Gasteiger charge is 2.28. The maximum Gasteiger partial charge on any atom is 0.356 e. The van der Waals surface area contributed by atoms with Gasteiger partial charge in [-0.15, -0.1) is 0 Å². The van der Waals surface area contributed by atoms with E-state index in [-0.39, 0.29) is 5.30 Å². The third kappa shape index (κ3) is 1.64. The van der Waals surface area contributed by atoms with Crippen molar-refractivity contribution in [1.82, 2.24) is 0 Å². The lowest BCUT2D eigenvalue weighted by atomic mass is 10.1. The summed E-state index contributed by atoms with van der Waals surface area (Å²) in [7, 11) is -4.22. The summed E-state index contributed by atoms with van der Waals surface area (Å²) in [5, 5.41) is 0.103. The predicted molar refractivity (Wildman–Crippen MR) is 66.1 cm³/mol. The summed E-state index contributed by atoms with van der Waals surface area (Å²) in [6.45, 7) is 0. The second-order valence-corrected chi connectivity index (χ2v) is 5.58. The SMILES string of the molecule is O=P(O)(O)c1cccc2c1[CH]c1ccccc1-2. The largest absolute Gasteiger partial charge is 0.356 e. The van der Waals surface area contributed by atoms with Gasteiger partial charge in [-0.2, -0.15) is 0 Å². The molecule has 0 aromatic heterocycles. The number of hydrogen-bond acceptors (Lipinski definition) is 1. The molecule has 85 valence electrons. The molecular formula is C13H10O3P. The molecule has 0 saturated heterocycles. The van der Waals surface area contributed by atoms with Crippen LogP contribution in [0.1, 0.15) is 11.1 Å². The molecule has 2 aromatic rings. The zero-order valence-corrected chi connectivity index (χ0v) is 9.76. The van der Waals surface area contributed by atoms with Crippen LogP contribution in [0.2, 0.25) is 0 Å². The Balaban J connectivity index is 2.28. The molecule has 0 atom stereocenters. The minimum absolute atomic E-state index is 0.103. The van der Waals surface area contributed by atoms with E-state index in [4.69, 9.17) is 0 Å². The van der Waals surface area contributed by atoms with Gasteiger partial charge in [0, 0.05) is 6.42 Å². The Morgan fingerprint density at radius 3 is 2.35 bits per heavy atom. The van der Waals surface area contributed by atoms with E-state index < -0.39 is 7.60 Å². The summed E-state index contributed by atoms with van der Waals surface area (Å²) in [6, 6.07) is 12.8. The van der Waals surface area contributed by atoms with Gasteiger partial charge in [-0.05, 0) is 28.3 Å². The monoisotopic (exact) mass is 245 g/mol. The van der Waals surface area contributed by atoms with Gasteiger partial charge in [-0.3, -0.25) is 4.57 Å². The van der Waals surface area contributed by atoms with E-state index in [0.717, 1.165) is 16.7 Å². The molecule has 1 radical (unpaired) electrons. The number of hydrogen-bond donors (Lipinski definition) is 2. The molecule has 1 aliphatic carbocycles. The third-order valence-corrected chi connectivity index (χ3v) is 3.97. The van der Waals surface area contributed by atoms with Crippen molar-refractivity contribution in [1.29, 1.82) is 0 Å². The lowest BCUT2D eigenvalue weighted by molar-refractivity contribution is 0.387. The zero-order valence-electron chi connectivity index (χ0n) is 8.87. The van der Waals surface area contributed by atoms with E-state index in [9.17, 15) is 14.4 Å². The van der Waals surface area contributed by atoms with Crippen molar-refractivity contribution in [3.05, 3.63) is 60.0 Å². The van der Waals surface area contributed by atoms with Gasteiger partial charge in [0.15, 0.2) is 0 Å². The Hall–Kier alpha value is -1.41. The molecule has 3 rings (SSSR count). The third-order valence-electron chi connectivity index (χ3n) is 2.95. The van der Waals surface area contributed by atoms with Crippen LogP contribution in [0.4, 0.5) is 0 Å². The van der Waals surface area contributed by atoms with Crippen molar-refractivity contribution in [3.8, 4) is 11.1 Å². The van der Waals surface area contributed by atoms with Crippen LogP contribution < -0.4 is 5.30 Å². The highest BCUT2D eigenvalue weighted by molar-refractivity contribution is 7.60. The fourth-order valence-electron chi connectivity index (χ4n) is 2.22. The minimum atomic E-state index is -4.22. The molecule has 4 heteroatoms. The van der Waals surface area contributed by atoms with Gasteiger partial charge in [0.1, 0.15) is 0 Å². The van der Waals surface area contributed by atoms with Crippen LogP contribution in [0.3, 0.4) is 0 Å². The van der Waals surface area contributed by atoms with Crippen molar-refractivity contribution >= 4 is 12.9 Å². The molecule has 3 nitrogen and oxygen atoms in total. The molecular weight excluding hydrogens is 235 g/mol. The topological polar surface area (TPSA) is 57.5 Å². The van der Waals surface area contributed by atoms with Gasteiger partial charge in [0.05, 0.1) is 5.30 Å². The van der Waals surface area contributed by atoms with Crippen LogP contribution >= 0.6 is 7.60 Å². The van der Waals surface area contributed by atoms with Crippen molar-refractivity contribution in [3.63, 3.8) is 0 Å². The van der Waals surface area contributed by atoms with E-state index >= 15 is 0 Å². The summed E-state index contributed by atoms with van der Waals surface area (Å²) < 4.78 is 11.4.